The van der Waals surface area contributed by atoms with Crippen LogP contribution in [0.15, 0.2) is 12.1 Å². The summed E-state index contributed by atoms with van der Waals surface area (Å²) in [6.45, 7) is 1.75. The molecule has 3 nitrogen and oxygen atoms in total. The maximum absolute atomic E-state index is 13.8. The molecule has 1 aromatic carbocycles. The van der Waals surface area contributed by atoms with E-state index in [9.17, 15) is 13.6 Å². The second kappa shape index (κ2) is 5.72. The quantitative estimate of drug-likeness (QED) is 0.834. The molecule has 5 heteroatoms. The third kappa shape index (κ3) is 3.23. The van der Waals surface area contributed by atoms with Crippen LogP contribution in [0.1, 0.15) is 36.9 Å². The van der Waals surface area contributed by atoms with Crippen molar-refractivity contribution in [3.8, 4) is 0 Å². The van der Waals surface area contributed by atoms with Crippen molar-refractivity contribution in [2.24, 2.45) is 5.73 Å². The minimum absolute atomic E-state index is 0.0103. The Labute approximate surface area is 98.2 Å². The van der Waals surface area contributed by atoms with Gasteiger partial charge in [-0.25, -0.2) is 8.78 Å². The van der Waals surface area contributed by atoms with Crippen LogP contribution in [0.25, 0.3) is 0 Å². The molecule has 17 heavy (non-hydrogen) atoms. The molecule has 0 aromatic heterocycles. The van der Waals surface area contributed by atoms with Gasteiger partial charge in [-0.15, -0.1) is 0 Å². The van der Waals surface area contributed by atoms with Crippen molar-refractivity contribution in [2.45, 2.75) is 32.2 Å². The highest BCUT2D eigenvalue weighted by Crippen LogP contribution is 2.25. The summed E-state index contributed by atoms with van der Waals surface area (Å²) < 4.78 is 27.3. The molecule has 1 unspecified atom stereocenters. The van der Waals surface area contributed by atoms with E-state index >= 15 is 0 Å². The van der Waals surface area contributed by atoms with E-state index in [-0.39, 0.29) is 18.4 Å². The molecule has 1 rings (SSSR count). The van der Waals surface area contributed by atoms with E-state index < -0.39 is 23.6 Å². The summed E-state index contributed by atoms with van der Waals surface area (Å²) in [5.74, 6) is -2.42. The lowest BCUT2D eigenvalue weighted by atomic mass is 9.98. The summed E-state index contributed by atoms with van der Waals surface area (Å²) in [6, 6.07) is 1.60. The van der Waals surface area contributed by atoms with Gasteiger partial charge in [0.2, 0.25) is 0 Å². The van der Waals surface area contributed by atoms with Crippen molar-refractivity contribution in [3.05, 3.63) is 34.9 Å². The predicted molar refractivity (Wildman–Crippen MR) is 59.5 cm³/mol. The van der Waals surface area contributed by atoms with Gasteiger partial charge in [0.15, 0.2) is 0 Å². The minimum atomic E-state index is -1.03. The molecule has 0 bridgehead atoms. The number of carboxylic acid groups (broad SMARTS) is 1. The van der Waals surface area contributed by atoms with E-state index in [1.807, 2.05) is 0 Å². The molecule has 0 aliphatic heterocycles. The number of carboxylic acids is 1. The zero-order chi connectivity index (χ0) is 13.0. The number of rotatable bonds is 5. The van der Waals surface area contributed by atoms with Gasteiger partial charge in [-0.3, -0.25) is 4.79 Å². The zero-order valence-corrected chi connectivity index (χ0v) is 9.54. The Morgan fingerprint density at radius 1 is 1.47 bits per heavy atom. The Hall–Kier alpha value is -1.49. The minimum Gasteiger partial charge on any atom is -0.481 e. The monoisotopic (exact) mass is 243 g/mol. The number of benzene rings is 1. The number of hydrogen-bond acceptors (Lipinski definition) is 2. The summed E-state index contributed by atoms with van der Waals surface area (Å²) in [5.41, 5.74) is 5.79. The molecule has 0 radical (unpaired) electrons. The largest absolute Gasteiger partial charge is 0.481 e. The first-order valence-corrected chi connectivity index (χ1v) is 5.41. The molecule has 0 fully saturated rings. The fourth-order valence-electron chi connectivity index (χ4n) is 1.65. The average molecular weight is 243 g/mol. The van der Waals surface area contributed by atoms with Crippen LogP contribution in [-0.2, 0) is 11.2 Å². The van der Waals surface area contributed by atoms with Gasteiger partial charge in [0.05, 0.1) is 0 Å². The van der Waals surface area contributed by atoms with E-state index in [0.717, 1.165) is 6.07 Å². The number of aryl methyl sites for hydroxylation is 1. The van der Waals surface area contributed by atoms with Crippen molar-refractivity contribution in [1.29, 1.82) is 0 Å². The highest BCUT2D eigenvalue weighted by molar-refractivity contribution is 5.66. The van der Waals surface area contributed by atoms with Gasteiger partial charge in [0.1, 0.15) is 11.6 Å². The number of carbonyl (C=O) groups is 1. The lowest BCUT2D eigenvalue weighted by molar-refractivity contribution is -0.137. The molecule has 1 aromatic rings. The second-order valence-electron chi connectivity index (χ2n) is 3.83. The molecule has 0 heterocycles. The number of hydrogen-bond donors (Lipinski definition) is 2. The molecule has 1 atom stereocenters. The molecule has 0 amide bonds. The fourth-order valence-corrected chi connectivity index (χ4v) is 1.65. The van der Waals surface area contributed by atoms with Gasteiger partial charge < -0.3 is 10.8 Å². The third-order valence-corrected chi connectivity index (χ3v) is 2.63. The van der Waals surface area contributed by atoms with Gasteiger partial charge in [0.25, 0.3) is 0 Å². The highest BCUT2D eigenvalue weighted by Gasteiger charge is 2.19. The van der Waals surface area contributed by atoms with Crippen LogP contribution >= 0.6 is 0 Å². The van der Waals surface area contributed by atoms with Crippen molar-refractivity contribution < 1.29 is 18.7 Å². The predicted octanol–water partition coefficient (Wildman–Crippen LogP) is 2.39. The molecular weight excluding hydrogens is 228 g/mol. The van der Waals surface area contributed by atoms with Crippen LogP contribution in [-0.4, -0.2) is 11.1 Å². The van der Waals surface area contributed by atoms with E-state index in [0.29, 0.717) is 12.0 Å². The third-order valence-electron chi connectivity index (χ3n) is 2.63. The SMILES string of the molecule is CCc1ccc(F)c(C(N)CCC(=O)O)c1F. The topological polar surface area (TPSA) is 63.3 Å². The van der Waals surface area contributed by atoms with Gasteiger partial charge in [0, 0.05) is 18.0 Å². The smallest absolute Gasteiger partial charge is 0.303 e. The standard InChI is InChI=1S/C12H15F2NO2/c1-2-7-3-4-8(13)11(12(7)14)9(15)5-6-10(16)17/h3-4,9H,2,5-6,15H2,1H3,(H,16,17). The van der Waals surface area contributed by atoms with E-state index in [4.69, 9.17) is 10.8 Å². The Balaban J connectivity index is 2.99. The maximum atomic E-state index is 13.8. The summed E-state index contributed by atoms with van der Waals surface area (Å²) in [5, 5.41) is 8.51. The van der Waals surface area contributed by atoms with Gasteiger partial charge in [-0.1, -0.05) is 13.0 Å². The Morgan fingerprint density at radius 3 is 2.65 bits per heavy atom. The Kier molecular flexibility index (Phi) is 4.57. The normalized spacial score (nSPS) is 12.5. The molecular formula is C12H15F2NO2. The fraction of sp³-hybridized carbons (Fsp3) is 0.417. The van der Waals surface area contributed by atoms with Gasteiger partial charge in [-0.05, 0) is 24.5 Å². The van der Waals surface area contributed by atoms with Crippen LogP contribution in [0.5, 0.6) is 0 Å². The van der Waals surface area contributed by atoms with Crippen molar-refractivity contribution in [2.75, 3.05) is 0 Å². The Bertz CT molecular complexity index is 421. The van der Waals surface area contributed by atoms with Crippen LogP contribution in [0.4, 0.5) is 8.78 Å². The lowest BCUT2D eigenvalue weighted by Crippen LogP contribution is -2.16. The van der Waals surface area contributed by atoms with E-state index in [1.54, 1.807) is 6.92 Å². The van der Waals surface area contributed by atoms with Gasteiger partial charge >= 0.3 is 5.97 Å². The summed E-state index contributed by atoms with van der Waals surface area (Å²) in [6.07, 6.45) is 0.234. The number of aliphatic carboxylic acids is 1. The lowest BCUT2D eigenvalue weighted by Gasteiger charge is -2.14. The molecule has 3 N–H and O–H groups in total. The second-order valence-corrected chi connectivity index (χ2v) is 3.83. The van der Waals surface area contributed by atoms with E-state index in [2.05, 4.69) is 0 Å². The zero-order valence-electron chi connectivity index (χ0n) is 9.54. The van der Waals surface area contributed by atoms with Crippen LogP contribution < -0.4 is 5.73 Å². The molecule has 0 saturated carbocycles. The van der Waals surface area contributed by atoms with Crippen molar-refractivity contribution in [3.63, 3.8) is 0 Å². The first kappa shape index (κ1) is 13.6. The van der Waals surface area contributed by atoms with Crippen LogP contribution in [0.3, 0.4) is 0 Å². The first-order chi connectivity index (χ1) is 7.97. The summed E-state index contributed by atoms with van der Waals surface area (Å²) >= 11 is 0. The molecule has 0 aliphatic carbocycles. The molecule has 94 valence electrons. The van der Waals surface area contributed by atoms with Crippen LogP contribution in [0.2, 0.25) is 0 Å². The summed E-state index contributed by atoms with van der Waals surface area (Å²) in [4.78, 5) is 10.4. The summed E-state index contributed by atoms with van der Waals surface area (Å²) in [7, 11) is 0. The number of nitrogens with two attached hydrogens (primary N) is 1. The first-order valence-electron chi connectivity index (χ1n) is 5.41. The van der Waals surface area contributed by atoms with Crippen molar-refractivity contribution in [1.82, 2.24) is 0 Å². The number of halogens is 2. The van der Waals surface area contributed by atoms with E-state index in [1.165, 1.54) is 6.07 Å². The molecule has 0 aliphatic rings. The average Bonchev–Trinajstić information content (AvgIpc) is 2.26. The van der Waals surface area contributed by atoms with Gasteiger partial charge in [-0.2, -0.15) is 0 Å². The maximum Gasteiger partial charge on any atom is 0.303 e. The van der Waals surface area contributed by atoms with Crippen LogP contribution in [0, 0.1) is 11.6 Å². The molecule has 0 saturated heterocycles. The van der Waals surface area contributed by atoms with Crippen molar-refractivity contribution >= 4 is 5.97 Å². The molecule has 0 spiro atoms. The highest BCUT2D eigenvalue weighted by atomic mass is 19.1. The Morgan fingerprint density at radius 2 is 2.12 bits per heavy atom.